The SMILES string of the molecule is N#Cc1cc(N)c(Cl)c(N2CCC3C(C2)OCCN3C(=O)O)c1. The van der Waals surface area contributed by atoms with Crippen LogP contribution in [0.25, 0.3) is 0 Å². The number of amides is 1. The zero-order valence-electron chi connectivity index (χ0n) is 12.4. The maximum atomic E-state index is 11.3. The van der Waals surface area contributed by atoms with E-state index in [9.17, 15) is 9.90 Å². The van der Waals surface area contributed by atoms with Crippen LogP contribution < -0.4 is 10.6 Å². The Balaban J connectivity index is 1.84. The van der Waals surface area contributed by atoms with Gasteiger partial charge >= 0.3 is 6.09 Å². The summed E-state index contributed by atoms with van der Waals surface area (Å²) >= 11 is 6.29. The van der Waals surface area contributed by atoms with Crippen LogP contribution in [-0.4, -0.2) is 54.5 Å². The predicted molar refractivity (Wildman–Crippen MR) is 85.7 cm³/mol. The fourth-order valence-corrected chi connectivity index (χ4v) is 3.50. The number of nitriles is 1. The third-order valence-corrected chi connectivity index (χ3v) is 4.80. The number of hydrogen-bond donors (Lipinski definition) is 2. The quantitative estimate of drug-likeness (QED) is 0.757. The standard InChI is InChI=1S/C15H17ClN4O3/c16-14-10(18)5-9(7-17)6-12(14)19-2-1-11-13(8-19)23-4-3-20(11)15(21)22/h5-6,11,13H,1-4,8,18H2,(H,21,22). The van der Waals surface area contributed by atoms with E-state index in [-0.39, 0.29) is 12.1 Å². The summed E-state index contributed by atoms with van der Waals surface area (Å²) in [6.45, 7) is 1.92. The van der Waals surface area contributed by atoms with Crippen LogP contribution in [0, 0.1) is 11.3 Å². The zero-order valence-corrected chi connectivity index (χ0v) is 13.2. The first-order chi connectivity index (χ1) is 11.0. The van der Waals surface area contributed by atoms with Gasteiger partial charge in [-0.2, -0.15) is 5.26 Å². The lowest BCUT2D eigenvalue weighted by Crippen LogP contribution is -2.60. The van der Waals surface area contributed by atoms with E-state index >= 15 is 0 Å². The highest BCUT2D eigenvalue weighted by Crippen LogP contribution is 2.35. The van der Waals surface area contributed by atoms with Crippen molar-refractivity contribution in [3.8, 4) is 6.07 Å². The number of halogens is 1. The number of ether oxygens (including phenoxy) is 1. The van der Waals surface area contributed by atoms with Gasteiger partial charge in [-0.05, 0) is 18.6 Å². The number of nitrogens with two attached hydrogens (primary N) is 1. The number of carbonyl (C=O) groups is 1. The smallest absolute Gasteiger partial charge is 0.407 e. The first-order valence-electron chi connectivity index (χ1n) is 7.36. The molecule has 1 aromatic carbocycles. The number of anilines is 2. The Bertz CT molecular complexity index is 675. The van der Waals surface area contributed by atoms with Crippen LogP contribution in [0.3, 0.4) is 0 Å². The second-order valence-corrected chi connectivity index (χ2v) is 6.08. The van der Waals surface area contributed by atoms with Gasteiger partial charge in [0.2, 0.25) is 0 Å². The molecule has 1 amide bonds. The molecule has 2 atom stereocenters. The fourth-order valence-electron chi connectivity index (χ4n) is 3.27. The highest BCUT2D eigenvalue weighted by atomic mass is 35.5. The molecule has 2 aliphatic rings. The molecule has 2 unspecified atom stereocenters. The Morgan fingerprint density at radius 3 is 2.96 bits per heavy atom. The zero-order chi connectivity index (χ0) is 16.6. The number of morpholine rings is 1. The molecule has 1 aromatic rings. The van der Waals surface area contributed by atoms with Crippen LogP contribution in [0.5, 0.6) is 0 Å². The molecule has 2 fully saturated rings. The topological polar surface area (TPSA) is 103 Å². The highest BCUT2D eigenvalue weighted by molar-refractivity contribution is 6.35. The van der Waals surface area contributed by atoms with E-state index in [1.54, 1.807) is 12.1 Å². The third-order valence-electron chi connectivity index (χ3n) is 4.39. The Kier molecular flexibility index (Phi) is 4.20. The molecule has 7 nitrogen and oxygen atoms in total. The minimum atomic E-state index is -0.912. The van der Waals surface area contributed by atoms with Gasteiger partial charge in [0.1, 0.15) is 0 Å². The van der Waals surface area contributed by atoms with E-state index in [1.165, 1.54) is 4.90 Å². The average Bonchev–Trinajstić information content (AvgIpc) is 2.56. The lowest BCUT2D eigenvalue weighted by atomic mass is 9.98. The van der Waals surface area contributed by atoms with Gasteiger partial charge < -0.3 is 25.4 Å². The van der Waals surface area contributed by atoms with E-state index < -0.39 is 6.09 Å². The van der Waals surface area contributed by atoms with Crippen molar-refractivity contribution in [1.29, 1.82) is 5.26 Å². The molecule has 0 bridgehead atoms. The summed E-state index contributed by atoms with van der Waals surface area (Å²) in [5.41, 5.74) is 7.37. The van der Waals surface area contributed by atoms with Crippen molar-refractivity contribution in [2.24, 2.45) is 0 Å². The van der Waals surface area contributed by atoms with Crippen molar-refractivity contribution < 1.29 is 14.6 Å². The summed E-state index contributed by atoms with van der Waals surface area (Å²) < 4.78 is 5.75. The van der Waals surface area contributed by atoms with Crippen molar-refractivity contribution in [2.75, 3.05) is 36.9 Å². The molecule has 8 heteroatoms. The number of fused-ring (bicyclic) bond motifs is 1. The average molecular weight is 337 g/mol. The highest BCUT2D eigenvalue weighted by Gasteiger charge is 2.39. The number of rotatable bonds is 1. The largest absolute Gasteiger partial charge is 0.465 e. The first-order valence-corrected chi connectivity index (χ1v) is 7.74. The van der Waals surface area contributed by atoms with E-state index in [4.69, 9.17) is 27.3 Å². The van der Waals surface area contributed by atoms with Crippen molar-refractivity contribution in [1.82, 2.24) is 4.90 Å². The van der Waals surface area contributed by atoms with Crippen LogP contribution in [0.4, 0.5) is 16.2 Å². The van der Waals surface area contributed by atoms with Gasteiger partial charge in [0.25, 0.3) is 0 Å². The number of hydrogen-bond acceptors (Lipinski definition) is 5. The number of carboxylic acid groups (broad SMARTS) is 1. The number of benzene rings is 1. The van der Waals surface area contributed by atoms with Crippen LogP contribution >= 0.6 is 11.6 Å². The minimum Gasteiger partial charge on any atom is -0.465 e. The van der Waals surface area contributed by atoms with Crippen molar-refractivity contribution in [3.63, 3.8) is 0 Å². The summed E-state index contributed by atoms with van der Waals surface area (Å²) in [6, 6.07) is 5.17. The number of nitrogen functional groups attached to an aromatic ring is 1. The second kappa shape index (κ2) is 6.14. The van der Waals surface area contributed by atoms with Gasteiger partial charge in [-0.3, -0.25) is 0 Å². The normalized spacial score (nSPS) is 24.0. The van der Waals surface area contributed by atoms with Gasteiger partial charge in [-0.15, -0.1) is 0 Å². The van der Waals surface area contributed by atoms with Gasteiger partial charge in [0.15, 0.2) is 0 Å². The molecule has 23 heavy (non-hydrogen) atoms. The first kappa shape index (κ1) is 15.7. The maximum absolute atomic E-state index is 11.3. The van der Waals surface area contributed by atoms with Crippen LogP contribution in [0.15, 0.2) is 12.1 Å². The third kappa shape index (κ3) is 2.87. The Morgan fingerprint density at radius 1 is 1.48 bits per heavy atom. The number of piperidine rings is 1. The van der Waals surface area contributed by atoms with Crippen LogP contribution in [0.2, 0.25) is 5.02 Å². The summed E-state index contributed by atoms with van der Waals surface area (Å²) in [4.78, 5) is 14.8. The lowest BCUT2D eigenvalue weighted by Gasteiger charge is -2.46. The summed E-state index contributed by atoms with van der Waals surface area (Å²) in [5, 5.41) is 18.8. The van der Waals surface area contributed by atoms with Gasteiger partial charge in [-0.1, -0.05) is 11.6 Å². The van der Waals surface area contributed by atoms with E-state index in [2.05, 4.69) is 6.07 Å². The van der Waals surface area contributed by atoms with Crippen molar-refractivity contribution >= 4 is 29.1 Å². The van der Waals surface area contributed by atoms with Gasteiger partial charge in [0, 0.05) is 19.6 Å². The van der Waals surface area contributed by atoms with E-state index in [1.807, 2.05) is 4.90 Å². The molecule has 0 aromatic heterocycles. The molecule has 3 N–H and O–H groups in total. The van der Waals surface area contributed by atoms with E-state index in [0.29, 0.717) is 54.6 Å². The Morgan fingerprint density at radius 2 is 2.26 bits per heavy atom. The molecule has 0 aliphatic carbocycles. The molecule has 2 heterocycles. The van der Waals surface area contributed by atoms with Crippen molar-refractivity contribution in [3.05, 3.63) is 22.7 Å². The monoisotopic (exact) mass is 336 g/mol. The summed E-state index contributed by atoms with van der Waals surface area (Å²) in [5.74, 6) is 0. The van der Waals surface area contributed by atoms with E-state index in [0.717, 1.165) is 0 Å². The summed E-state index contributed by atoms with van der Waals surface area (Å²) in [7, 11) is 0. The van der Waals surface area contributed by atoms with Crippen LogP contribution in [-0.2, 0) is 4.74 Å². The molecular formula is C15H17ClN4O3. The summed E-state index contributed by atoms with van der Waals surface area (Å²) in [6.07, 6.45) is -0.480. The molecule has 2 saturated heterocycles. The van der Waals surface area contributed by atoms with Gasteiger partial charge in [-0.25, -0.2) is 4.79 Å². The molecular weight excluding hydrogens is 320 g/mol. The molecule has 0 saturated carbocycles. The molecule has 0 spiro atoms. The molecule has 3 rings (SSSR count). The minimum absolute atomic E-state index is 0.146. The maximum Gasteiger partial charge on any atom is 0.407 e. The predicted octanol–water partition coefficient (Wildman–Crippen LogP) is 1.75. The molecule has 0 radical (unpaired) electrons. The second-order valence-electron chi connectivity index (χ2n) is 5.70. The van der Waals surface area contributed by atoms with Crippen molar-refractivity contribution in [2.45, 2.75) is 18.6 Å². The Labute approximate surface area is 138 Å². The Hall–Kier alpha value is -2.17. The lowest BCUT2D eigenvalue weighted by molar-refractivity contribution is -0.0660. The molecule has 2 aliphatic heterocycles. The number of nitrogens with zero attached hydrogens (tertiary/aromatic N) is 3. The van der Waals surface area contributed by atoms with Gasteiger partial charge in [0.05, 0.1) is 46.8 Å². The molecule has 122 valence electrons. The van der Waals surface area contributed by atoms with Crippen LogP contribution in [0.1, 0.15) is 12.0 Å². The fraction of sp³-hybridized carbons (Fsp3) is 0.467.